The van der Waals surface area contributed by atoms with Gasteiger partial charge in [-0.1, -0.05) is 11.6 Å². The van der Waals surface area contributed by atoms with E-state index in [1.807, 2.05) is 12.3 Å². The Kier molecular flexibility index (Phi) is 7.80. The number of carbonyl (C=O) groups excluding carboxylic acids is 1. The molecule has 2 aliphatic rings. The standard InChI is InChI=1S/C22H33ClFN3O3/c1-22(2,3)30-21(28)26-18-14-27(9-6-17(18)24)19-12-20(23)25-13-16(19)5-4-15-7-10-29-11-8-15/h12-13,15,17-18H,4-11,14H2,1-3H3,(H,26,28)/t17-,18-/m1/s1. The number of aromatic nitrogens is 1. The van der Waals surface area contributed by atoms with Crippen LogP contribution in [0, 0.1) is 5.92 Å². The lowest BCUT2D eigenvalue weighted by molar-refractivity contribution is 0.0465. The summed E-state index contributed by atoms with van der Waals surface area (Å²) in [6, 6.07) is 1.22. The average Bonchev–Trinajstić information content (AvgIpc) is 2.68. The zero-order valence-corrected chi connectivity index (χ0v) is 18.9. The van der Waals surface area contributed by atoms with Gasteiger partial charge in [0.15, 0.2) is 0 Å². The van der Waals surface area contributed by atoms with Gasteiger partial charge in [0.2, 0.25) is 0 Å². The normalized spacial score (nSPS) is 23.3. The highest BCUT2D eigenvalue weighted by molar-refractivity contribution is 6.29. The summed E-state index contributed by atoms with van der Waals surface area (Å²) in [5, 5.41) is 3.12. The lowest BCUT2D eigenvalue weighted by atomic mass is 9.92. The highest BCUT2D eigenvalue weighted by Gasteiger charge is 2.33. The number of aryl methyl sites for hydroxylation is 1. The van der Waals surface area contributed by atoms with Gasteiger partial charge in [0.1, 0.15) is 16.9 Å². The van der Waals surface area contributed by atoms with Crippen LogP contribution in [0.5, 0.6) is 0 Å². The van der Waals surface area contributed by atoms with Gasteiger partial charge in [-0.2, -0.15) is 0 Å². The smallest absolute Gasteiger partial charge is 0.408 e. The van der Waals surface area contributed by atoms with Gasteiger partial charge in [-0.25, -0.2) is 14.2 Å². The summed E-state index contributed by atoms with van der Waals surface area (Å²) in [5.41, 5.74) is 1.46. The van der Waals surface area contributed by atoms with E-state index >= 15 is 0 Å². The maximum atomic E-state index is 14.6. The van der Waals surface area contributed by atoms with E-state index in [1.165, 1.54) is 0 Å². The van der Waals surface area contributed by atoms with Crippen molar-refractivity contribution in [1.29, 1.82) is 0 Å². The Morgan fingerprint density at radius 3 is 2.80 bits per heavy atom. The highest BCUT2D eigenvalue weighted by atomic mass is 35.5. The van der Waals surface area contributed by atoms with E-state index in [2.05, 4.69) is 15.2 Å². The number of ether oxygens (including phenoxy) is 2. The van der Waals surface area contributed by atoms with E-state index in [-0.39, 0.29) is 0 Å². The molecule has 0 spiro atoms. The summed E-state index contributed by atoms with van der Waals surface area (Å²) < 4.78 is 25.3. The molecule has 1 amide bonds. The SMILES string of the molecule is CC(C)(C)OC(=O)N[C@@H]1CN(c2cc(Cl)ncc2CCC2CCOCC2)CC[C@H]1F. The lowest BCUT2D eigenvalue weighted by Gasteiger charge is -2.38. The molecule has 2 fully saturated rings. The number of hydrogen-bond acceptors (Lipinski definition) is 5. The number of nitrogens with zero attached hydrogens (tertiary/aromatic N) is 2. The third kappa shape index (κ3) is 6.71. The van der Waals surface area contributed by atoms with Crippen molar-refractivity contribution in [2.24, 2.45) is 5.92 Å². The maximum absolute atomic E-state index is 14.6. The first-order valence-corrected chi connectivity index (χ1v) is 11.2. The molecule has 2 atom stereocenters. The summed E-state index contributed by atoms with van der Waals surface area (Å²) in [6.45, 7) is 7.96. The number of amides is 1. The van der Waals surface area contributed by atoms with Crippen molar-refractivity contribution < 1.29 is 18.7 Å². The minimum absolute atomic E-state index is 0.333. The number of alkyl carbamates (subject to hydrolysis) is 1. The average molecular weight is 442 g/mol. The number of pyridine rings is 1. The molecule has 1 aromatic rings. The number of alkyl halides is 1. The molecule has 0 aromatic carbocycles. The molecule has 0 unspecified atom stereocenters. The van der Waals surface area contributed by atoms with Crippen molar-refractivity contribution >= 4 is 23.4 Å². The van der Waals surface area contributed by atoms with Crippen molar-refractivity contribution in [1.82, 2.24) is 10.3 Å². The van der Waals surface area contributed by atoms with Crippen molar-refractivity contribution in [3.8, 4) is 0 Å². The highest BCUT2D eigenvalue weighted by Crippen LogP contribution is 2.30. The van der Waals surface area contributed by atoms with Crippen LogP contribution in [0.15, 0.2) is 12.3 Å². The zero-order chi connectivity index (χ0) is 21.7. The van der Waals surface area contributed by atoms with E-state index in [9.17, 15) is 9.18 Å². The molecule has 2 saturated heterocycles. The summed E-state index contributed by atoms with van der Waals surface area (Å²) in [6.07, 6.45) is 4.59. The largest absolute Gasteiger partial charge is 0.444 e. The number of anilines is 1. The number of carbonyl (C=O) groups is 1. The Morgan fingerprint density at radius 1 is 1.37 bits per heavy atom. The molecule has 3 heterocycles. The number of halogens is 2. The summed E-state index contributed by atoms with van der Waals surface area (Å²) in [4.78, 5) is 18.5. The fourth-order valence-electron chi connectivity index (χ4n) is 4.07. The molecule has 8 heteroatoms. The molecule has 1 aromatic heterocycles. The van der Waals surface area contributed by atoms with Crippen LogP contribution in [0.3, 0.4) is 0 Å². The van der Waals surface area contributed by atoms with Crippen LogP contribution in [0.1, 0.15) is 52.0 Å². The Morgan fingerprint density at radius 2 is 2.10 bits per heavy atom. The molecule has 0 bridgehead atoms. The van der Waals surface area contributed by atoms with Crippen molar-refractivity contribution in [3.63, 3.8) is 0 Å². The number of piperidine rings is 1. The Balaban J connectivity index is 1.67. The van der Waals surface area contributed by atoms with Crippen LogP contribution in [0.25, 0.3) is 0 Å². The molecular formula is C22H33ClFN3O3. The van der Waals surface area contributed by atoms with Gasteiger partial charge >= 0.3 is 6.09 Å². The second-order valence-electron chi connectivity index (χ2n) is 9.23. The second-order valence-corrected chi connectivity index (χ2v) is 9.62. The fourth-order valence-corrected chi connectivity index (χ4v) is 4.22. The van der Waals surface area contributed by atoms with Crippen LogP contribution >= 0.6 is 11.6 Å². The van der Waals surface area contributed by atoms with Crippen LogP contribution < -0.4 is 10.2 Å². The molecule has 0 radical (unpaired) electrons. The van der Waals surface area contributed by atoms with Crippen molar-refractivity contribution in [2.45, 2.75) is 70.7 Å². The van der Waals surface area contributed by atoms with Gasteiger partial charge in [0, 0.05) is 38.2 Å². The van der Waals surface area contributed by atoms with E-state index < -0.39 is 23.9 Å². The van der Waals surface area contributed by atoms with Crippen LogP contribution in [0.4, 0.5) is 14.9 Å². The van der Waals surface area contributed by atoms with Crippen molar-refractivity contribution in [3.05, 3.63) is 23.0 Å². The van der Waals surface area contributed by atoms with Gasteiger partial charge in [0.05, 0.1) is 6.04 Å². The predicted molar refractivity (Wildman–Crippen MR) is 116 cm³/mol. The van der Waals surface area contributed by atoms with Crippen LogP contribution in [-0.4, -0.2) is 55.2 Å². The Bertz CT molecular complexity index is 722. The van der Waals surface area contributed by atoms with Crippen molar-refractivity contribution in [2.75, 3.05) is 31.2 Å². The molecule has 0 saturated carbocycles. The monoisotopic (exact) mass is 441 g/mol. The molecule has 6 nitrogen and oxygen atoms in total. The third-order valence-electron chi connectivity index (χ3n) is 5.66. The van der Waals surface area contributed by atoms with E-state index in [4.69, 9.17) is 21.1 Å². The van der Waals surface area contributed by atoms with Crippen LogP contribution in [0.2, 0.25) is 5.15 Å². The van der Waals surface area contributed by atoms with E-state index in [0.717, 1.165) is 50.1 Å². The first kappa shape index (κ1) is 23.1. The van der Waals surface area contributed by atoms with E-state index in [1.54, 1.807) is 20.8 Å². The lowest BCUT2D eigenvalue weighted by Crippen LogP contribution is -2.54. The van der Waals surface area contributed by atoms with Gasteiger partial charge in [-0.15, -0.1) is 0 Å². The summed E-state index contributed by atoms with van der Waals surface area (Å²) >= 11 is 6.19. The maximum Gasteiger partial charge on any atom is 0.408 e. The third-order valence-corrected chi connectivity index (χ3v) is 5.87. The van der Waals surface area contributed by atoms with Gasteiger partial charge in [0.25, 0.3) is 0 Å². The molecule has 1 N–H and O–H groups in total. The summed E-state index contributed by atoms with van der Waals surface area (Å²) in [7, 11) is 0. The quantitative estimate of drug-likeness (QED) is 0.680. The topological polar surface area (TPSA) is 63.7 Å². The van der Waals surface area contributed by atoms with Crippen LogP contribution in [-0.2, 0) is 15.9 Å². The minimum atomic E-state index is -1.11. The zero-order valence-electron chi connectivity index (χ0n) is 18.1. The molecule has 168 valence electrons. The molecular weight excluding hydrogens is 409 g/mol. The molecule has 3 rings (SSSR count). The molecule has 0 aliphatic carbocycles. The summed E-state index contributed by atoms with van der Waals surface area (Å²) in [5.74, 6) is 0.653. The first-order chi connectivity index (χ1) is 14.2. The number of nitrogens with one attached hydrogen (secondary N) is 1. The molecule has 2 aliphatic heterocycles. The van der Waals surface area contributed by atoms with Gasteiger partial charge in [-0.3, -0.25) is 0 Å². The van der Waals surface area contributed by atoms with Gasteiger partial charge in [-0.05, 0) is 70.4 Å². The minimum Gasteiger partial charge on any atom is -0.444 e. The fraction of sp³-hybridized carbons (Fsp3) is 0.727. The number of hydrogen-bond donors (Lipinski definition) is 1. The predicted octanol–water partition coefficient (Wildman–Crippen LogP) is 4.54. The van der Waals surface area contributed by atoms with Gasteiger partial charge < -0.3 is 19.7 Å². The Hall–Kier alpha value is -1.60. The number of rotatable bonds is 5. The Labute approximate surface area is 183 Å². The van der Waals surface area contributed by atoms with E-state index in [0.29, 0.717) is 30.6 Å². The second kappa shape index (κ2) is 10.1. The molecule has 30 heavy (non-hydrogen) atoms. The first-order valence-electron chi connectivity index (χ1n) is 10.8.